The van der Waals surface area contributed by atoms with Gasteiger partial charge in [0.15, 0.2) is 0 Å². The molecule has 0 amide bonds. The molecular formula is C45H74O12. The van der Waals surface area contributed by atoms with Crippen molar-refractivity contribution in [3.8, 4) is 0 Å². The summed E-state index contributed by atoms with van der Waals surface area (Å²) in [4.78, 5) is 0. The van der Waals surface area contributed by atoms with Crippen molar-refractivity contribution in [2.75, 3.05) is 72.7 Å². The van der Waals surface area contributed by atoms with Crippen molar-refractivity contribution in [1.82, 2.24) is 0 Å². The Bertz CT molecular complexity index is 1170. The Hall–Kier alpha value is -3.96. The van der Waals surface area contributed by atoms with Crippen LogP contribution in [0.3, 0.4) is 0 Å². The molecule has 0 saturated carbocycles. The molecule has 1 unspecified atom stereocenters. The summed E-state index contributed by atoms with van der Waals surface area (Å²) in [7, 11) is 0. The van der Waals surface area contributed by atoms with E-state index in [2.05, 4.69) is 6.92 Å². The lowest BCUT2D eigenvalue weighted by molar-refractivity contribution is 0.0989. The molecule has 0 aromatic rings. The van der Waals surface area contributed by atoms with Gasteiger partial charge in [-0.25, -0.2) is 0 Å². The Kier molecular flexibility index (Phi) is 26.7. The summed E-state index contributed by atoms with van der Waals surface area (Å²) in [6.45, 7) is 17.0. The van der Waals surface area contributed by atoms with Gasteiger partial charge in [0.05, 0.1) is 78.8 Å². The third-order valence-corrected chi connectivity index (χ3v) is 9.43. The summed E-state index contributed by atoms with van der Waals surface area (Å²) in [5.74, 6) is 7.27. The van der Waals surface area contributed by atoms with Crippen LogP contribution in [0, 0.1) is 0 Å². The van der Waals surface area contributed by atoms with E-state index in [-0.39, 0.29) is 0 Å². The van der Waals surface area contributed by atoms with Crippen molar-refractivity contribution < 1.29 is 56.8 Å². The third-order valence-electron chi connectivity index (χ3n) is 9.43. The Morgan fingerprint density at radius 2 is 0.737 bits per heavy atom. The van der Waals surface area contributed by atoms with Crippen LogP contribution in [0.15, 0.2) is 71.6 Å². The maximum absolute atomic E-state index is 5.64. The lowest BCUT2D eigenvalue weighted by atomic mass is 10.0. The second-order valence-corrected chi connectivity index (χ2v) is 14.5. The normalized spacial score (nSPS) is 23.6. The van der Waals surface area contributed by atoms with Crippen LogP contribution in [0.1, 0.15) is 137 Å². The predicted molar refractivity (Wildman–Crippen MR) is 219 cm³/mol. The van der Waals surface area contributed by atoms with Gasteiger partial charge >= 0.3 is 0 Å². The Balaban J connectivity index is 0.000000185. The quantitative estimate of drug-likeness (QED) is 0.232. The van der Waals surface area contributed by atoms with Crippen LogP contribution in [0.5, 0.6) is 0 Å². The molecule has 0 spiro atoms. The maximum atomic E-state index is 5.64. The molecule has 6 heterocycles. The Morgan fingerprint density at radius 1 is 0.368 bits per heavy atom. The molecule has 8 aliphatic rings. The topological polar surface area (TPSA) is 111 Å². The molecule has 0 aromatic carbocycles. The van der Waals surface area contributed by atoms with Gasteiger partial charge in [-0.2, -0.15) is 0 Å². The molecule has 0 aromatic heterocycles. The van der Waals surface area contributed by atoms with Crippen LogP contribution in [0.4, 0.5) is 0 Å². The van der Waals surface area contributed by atoms with Crippen molar-refractivity contribution in [1.29, 1.82) is 0 Å². The van der Waals surface area contributed by atoms with Gasteiger partial charge in [-0.3, -0.25) is 0 Å². The second kappa shape index (κ2) is 32.0. The van der Waals surface area contributed by atoms with E-state index in [0.29, 0.717) is 6.10 Å². The lowest BCUT2D eigenvalue weighted by Crippen LogP contribution is -2.11. The van der Waals surface area contributed by atoms with Crippen molar-refractivity contribution in [2.45, 2.75) is 143 Å². The van der Waals surface area contributed by atoms with Gasteiger partial charge in [-0.05, 0) is 91.9 Å². The number of hydrogen-bond acceptors (Lipinski definition) is 12. The van der Waals surface area contributed by atoms with Gasteiger partial charge in [0, 0.05) is 44.9 Å². The molecule has 0 N–H and O–H groups in total. The standard InChI is InChI=1S/C10H16O2.C9H14O2.2C7H12O2.2C6H10O2/c1-2-6-10-9(5-1)11-7-3-4-8-12-10;1-2-5-9-8(4-1)10-6-3-7-11-9;1-6-7(2)9-5-3-4-8-6;1-7-3-2-4-8-5-6-9-7;1-6-5-7-3-2-4-8-6;1-2-4-8-6-5-7-3-1/h1-8H2;1-7H2;3-5H2,1-2H3;5-7H,2-4H2,1H3;5H,2-4H2,1H3;5-6H,1-4H2/b;;;6-5-;;. The van der Waals surface area contributed by atoms with Crippen LogP contribution in [-0.4, -0.2) is 78.8 Å². The summed E-state index contributed by atoms with van der Waals surface area (Å²) in [5, 5.41) is 0. The summed E-state index contributed by atoms with van der Waals surface area (Å²) in [6.07, 6.45) is 27.5. The zero-order valence-corrected chi connectivity index (χ0v) is 35.7. The number of rotatable bonds is 0. The minimum absolute atomic E-state index is 0.352. The van der Waals surface area contributed by atoms with E-state index in [1.54, 1.807) is 31.3 Å². The fraction of sp³-hybridized carbons (Fsp3) is 0.733. The molecule has 0 saturated heterocycles. The SMILES string of the molecule is C1=COCCCCO1.C1CCOC2=C(CCCC2)OC1.C1COC2=C(CCCC2)OC1.CC1=C(C)OCCCO1.CC1=COCCCO1.CC1CCCO/C=C\O1. The minimum atomic E-state index is 0.352. The van der Waals surface area contributed by atoms with Gasteiger partial charge in [0.1, 0.15) is 71.6 Å². The van der Waals surface area contributed by atoms with E-state index in [1.165, 1.54) is 25.7 Å². The van der Waals surface area contributed by atoms with Gasteiger partial charge in [-0.1, -0.05) is 0 Å². The van der Waals surface area contributed by atoms with Crippen LogP contribution in [0.25, 0.3) is 0 Å². The highest BCUT2D eigenvalue weighted by Gasteiger charge is 2.18. The van der Waals surface area contributed by atoms with Crippen molar-refractivity contribution in [2.24, 2.45) is 0 Å². The molecule has 12 heteroatoms. The summed E-state index contributed by atoms with van der Waals surface area (Å²) in [6, 6.07) is 0. The highest BCUT2D eigenvalue weighted by atomic mass is 16.5. The van der Waals surface area contributed by atoms with Crippen molar-refractivity contribution >= 4 is 0 Å². The number of hydrogen-bond donors (Lipinski definition) is 0. The molecule has 0 fully saturated rings. The minimum Gasteiger partial charge on any atom is -0.498 e. The smallest absolute Gasteiger partial charge is 0.133 e. The molecule has 0 radical (unpaired) electrons. The Morgan fingerprint density at radius 3 is 1.25 bits per heavy atom. The maximum Gasteiger partial charge on any atom is 0.133 e. The summed E-state index contributed by atoms with van der Waals surface area (Å²) < 4.78 is 63.2. The number of allylic oxidation sites excluding steroid dienone is 7. The van der Waals surface area contributed by atoms with Crippen molar-refractivity contribution in [3.05, 3.63) is 71.6 Å². The second-order valence-electron chi connectivity index (χ2n) is 14.5. The average molecular weight is 807 g/mol. The summed E-state index contributed by atoms with van der Waals surface area (Å²) >= 11 is 0. The zero-order chi connectivity index (χ0) is 40.4. The van der Waals surface area contributed by atoms with Crippen LogP contribution < -0.4 is 0 Å². The van der Waals surface area contributed by atoms with E-state index in [4.69, 9.17) is 56.8 Å². The lowest BCUT2D eigenvalue weighted by Gasteiger charge is -2.23. The molecule has 12 nitrogen and oxygen atoms in total. The van der Waals surface area contributed by atoms with E-state index in [1.807, 2.05) is 20.8 Å². The predicted octanol–water partition coefficient (Wildman–Crippen LogP) is 10.7. The van der Waals surface area contributed by atoms with Gasteiger partial charge in [0.25, 0.3) is 0 Å². The van der Waals surface area contributed by atoms with E-state index in [0.717, 1.165) is 196 Å². The molecule has 2 aliphatic carbocycles. The zero-order valence-electron chi connectivity index (χ0n) is 35.7. The van der Waals surface area contributed by atoms with Crippen LogP contribution >= 0.6 is 0 Å². The van der Waals surface area contributed by atoms with Crippen LogP contribution in [0.2, 0.25) is 0 Å². The first-order valence-corrected chi connectivity index (χ1v) is 21.6. The first-order chi connectivity index (χ1) is 28.0. The highest BCUT2D eigenvalue weighted by Crippen LogP contribution is 2.29. The first-order valence-electron chi connectivity index (χ1n) is 21.6. The molecule has 57 heavy (non-hydrogen) atoms. The van der Waals surface area contributed by atoms with Gasteiger partial charge in [0.2, 0.25) is 0 Å². The highest BCUT2D eigenvalue weighted by molar-refractivity contribution is 5.06. The largest absolute Gasteiger partial charge is 0.498 e. The molecule has 0 bridgehead atoms. The fourth-order valence-electron chi connectivity index (χ4n) is 6.03. The monoisotopic (exact) mass is 807 g/mol. The molecule has 8 rings (SSSR count). The van der Waals surface area contributed by atoms with Gasteiger partial charge < -0.3 is 56.8 Å². The first kappa shape index (κ1) is 47.4. The van der Waals surface area contributed by atoms with E-state index < -0.39 is 0 Å². The third kappa shape index (κ3) is 23.8. The van der Waals surface area contributed by atoms with E-state index >= 15 is 0 Å². The van der Waals surface area contributed by atoms with Crippen molar-refractivity contribution in [3.63, 3.8) is 0 Å². The fourth-order valence-corrected chi connectivity index (χ4v) is 6.03. The molecule has 6 aliphatic heterocycles. The van der Waals surface area contributed by atoms with Gasteiger partial charge in [-0.15, -0.1) is 0 Å². The Labute approximate surface area is 343 Å². The average Bonchev–Trinajstić information content (AvgIpc) is 3.67. The number of ether oxygens (including phenoxy) is 12. The molecule has 326 valence electrons. The summed E-state index contributed by atoms with van der Waals surface area (Å²) in [5.41, 5.74) is 0. The molecular weight excluding hydrogens is 732 g/mol. The van der Waals surface area contributed by atoms with Crippen LogP contribution in [-0.2, 0) is 56.8 Å². The molecule has 1 atom stereocenters. The van der Waals surface area contributed by atoms with E-state index in [9.17, 15) is 0 Å².